The van der Waals surface area contributed by atoms with Crippen molar-refractivity contribution < 1.29 is 14.3 Å². The van der Waals surface area contributed by atoms with E-state index in [9.17, 15) is 5.11 Å². The topological polar surface area (TPSA) is 68.6 Å². The standard InChI is InChI=1S/C11H17NO3/c1-8-2-4-15-9(8)10(13)11(6-12)3-5-14-7-11/h2,4,10,13H,3,5-7,12H2,1H3. The molecule has 84 valence electrons. The maximum atomic E-state index is 10.3. The predicted molar refractivity (Wildman–Crippen MR) is 55.3 cm³/mol. The molecule has 1 aliphatic heterocycles. The van der Waals surface area contributed by atoms with E-state index in [0.29, 0.717) is 25.5 Å². The summed E-state index contributed by atoms with van der Waals surface area (Å²) in [6.45, 7) is 3.50. The fraction of sp³-hybridized carbons (Fsp3) is 0.636. The van der Waals surface area contributed by atoms with Gasteiger partial charge in [-0.1, -0.05) is 0 Å². The number of hydrogen-bond acceptors (Lipinski definition) is 4. The number of furan rings is 1. The second-order valence-corrected chi connectivity index (χ2v) is 4.24. The third kappa shape index (κ3) is 1.69. The van der Waals surface area contributed by atoms with Crippen LogP contribution >= 0.6 is 0 Å². The Hall–Kier alpha value is -0.840. The molecule has 0 saturated carbocycles. The van der Waals surface area contributed by atoms with E-state index in [1.54, 1.807) is 6.26 Å². The van der Waals surface area contributed by atoms with Crippen molar-refractivity contribution >= 4 is 0 Å². The van der Waals surface area contributed by atoms with Crippen molar-refractivity contribution in [1.82, 2.24) is 0 Å². The van der Waals surface area contributed by atoms with Gasteiger partial charge in [-0.25, -0.2) is 0 Å². The van der Waals surface area contributed by atoms with Crippen LogP contribution in [0.1, 0.15) is 23.8 Å². The van der Waals surface area contributed by atoms with Crippen LogP contribution in [0.2, 0.25) is 0 Å². The van der Waals surface area contributed by atoms with Gasteiger partial charge in [0.1, 0.15) is 11.9 Å². The fourth-order valence-corrected chi connectivity index (χ4v) is 2.05. The molecular weight excluding hydrogens is 194 g/mol. The van der Waals surface area contributed by atoms with Gasteiger partial charge < -0.3 is 20.0 Å². The highest BCUT2D eigenvalue weighted by molar-refractivity contribution is 5.19. The summed E-state index contributed by atoms with van der Waals surface area (Å²) in [5.74, 6) is 0.617. The Kier molecular flexibility index (Phi) is 2.82. The van der Waals surface area contributed by atoms with Crippen LogP contribution in [0.4, 0.5) is 0 Å². The number of aliphatic hydroxyl groups excluding tert-OH is 1. The van der Waals surface area contributed by atoms with E-state index in [1.165, 1.54) is 0 Å². The molecule has 2 unspecified atom stereocenters. The average Bonchev–Trinajstić information content (AvgIpc) is 2.86. The highest BCUT2D eigenvalue weighted by atomic mass is 16.5. The molecule has 1 saturated heterocycles. The van der Waals surface area contributed by atoms with Gasteiger partial charge in [-0.15, -0.1) is 0 Å². The lowest BCUT2D eigenvalue weighted by Gasteiger charge is -2.30. The van der Waals surface area contributed by atoms with Gasteiger partial charge in [0.15, 0.2) is 0 Å². The molecular formula is C11H17NO3. The van der Waals surface area contributed by atoms with Crippen LogP contribution in [0.3, 0.4) is 0 Å². The molecule has 0 aromatic carbocycles. The molecule has 4 nitrogen and oxygen atoms in total. The van der Waals surface area contributed by atoms with Crippen molar-refractivity contribution in [3.8, 4) is 0 Å². The van der Waals surface area contributed by atoms with Crippen LogP contribution in [0.25, 0.3) is 0 Å². The van der Waals surface area contributed by atoms with Gasteiger partial charge in [0.2, 0.25) is 0 Å². The highest BCUT2D eigenvalue weighted by Gasteiger charge is 2.43. The van der Waals surface area contributed by atoms with Crippen molar-refractivity contribution in [2.45, 2.75) is 19.4 Å². The first-order valence-corrected chi connectivity index (χ1v) is 5.19. The Morgan fingerprint density at radius 3 is 2.93 bits per heavy atom. The Labute approximate surface area is 89.0 Å². The van der Waals surface area contributed by atoms with Crippen LogP contribution in [-0.4, -0.2) is 24.9 Å². The predicted octanol–water partition coefficient (Wildman–Crippen LogP) is 0.987. The summed E-state index contributed by atoms with van der Waals surface area (Å²) in [5, 5.41) is 10.3. The van der Waals surface area contributed by atoms with Crippen LogP contribution in [0.5, 0.6) is 0 Å². The monoisotopic (exact) mass is 211 g/mol. The summed E-state index contributed by atoms with van der Waals surface area (Å²) < 4.78 is 10.6. The van der Waals surface area contributed by atoms with E-state index in [-0.39, 0.29) is 5.41 Å². The van der Waals surface area contributed by atoms with Crippen LogP contribution in [0.15, 0.2) is 16.7 Å². The zero-order valence-corrected chi connectivity index (χ0v) is 8.90. The molecule has 1 aromatic heterocycles. The summed E-state index contributed by atoms with van der Waals surface area (Å²) >= 11 is 0. The second-order valence-electron chi connectivity index (χ2n) is 4.24. The van der Waals surface area contributed by atoms with Crippen molar-refractivity contribution in [1.29, 1.82) is 0 Å². The van der Waals surface area contributed by atoms with E-state index in [2.05, 4.69) is 0 Å². The first-order valence-electron chi connectivity index (χ1n) is 5.19. The third-order valence-corrected chi connectivity index (χ3v) is 3.27. The Morgan fingerprint density at radius 1 is 1.67 bits per heavy atom. The molecule has 15 heavy (non-hydrogen) atoms. The minimum absolute atomic E-state index is 0.372. The van der Waals surface area contributed by atoms with Gasteiger partial charge in [0.05, 0.1) is 12.9 Å². The number of ether oxygens (including phenoxy) is 1. The molecule has 0 amide bonds. The molecule has 3 N–H and O–H groups in total. The Balaban J connectivity index is 2.26. The Bertz CT molecular complexity index is 328. The quantitative estimate of drug-likeness (QED) is 0.782. The molecule has 2 rings (SSSR count). The van der Waals surface area contributed by atoms with E-state index >= 15 is 0 Å². The molecule has 0 spiro atoms. The zero-order chi connectivity index (χ0) is 10.9. The van der Waals surface area contributed by atoms with Crippen LogP contribution < -0.4 is 5.73 Å². The first-order chi connectivity index (χ1) is 7.19. The summed E-state index contributed by atoms with van der Waals surface area (Å²) in [7, 11) is 0. The Morgan fingerprint density at radius 2 is 2.47 bits per heavy atom. The van der Waals surface area contributed by atoms with Gasteiger partial charge in [-0.05, 0) is 25.0 Å². The smallest absolute Gasteiger partial charge is 0.135 e. The van der Waals surface area contributed by atoms with Crippen molar-refractivity contribution in [2.24, 2.45) is 11.1 Å². The van der Waals surface area contributed by atoms with Crippen LogP contribution in [-0.2, 0) is 4.74 Å². The lowest BCUT2D eigenvalue weighted by molar-refractivity contribution is 0.00427. The normalized spacial score (nSPS) is 28.2. The minimum Gasteiger partial charge on any atom is -0.466 e. The molecule has 2 atom stereocenters. The van der Waals surface area contributed by atoms with Crippen LogP contribution in [0, 0.1) is 12.3 Å². The fourth-order valence-electron chi connectivity index (χ4n) is 2.05. The number of rotatable bonds is 3. The van der Waals surface area contributed by atoms with Gasteiger partial charge in [-0.2, -0.15) is 0 Å². The molecule has 0 aliphatic carbocycles. The molecule has 1 aliphatic rings. The van der Waals surface area contributed by atoms with Crippen molar-refractivity contribution in [2.75, 3.05) is 19.8 Å². The van der Waals surface area contributed by atoms with E-state index in [4.69, 9.17) is 14.9 Å². The maximum absolute atomic E-state index is 10.3. The molecule has 4 heteroatoms. The van der Waals surface area contributed by atoms with Crippen molar-refractivity contribution in [3.63, 3.8) is 0 Å². The lowest BCUT2D eigenvalue weighted by Crippen LogP contribution is -2.37. The molecule has 2 heterocycles. The van der Waals surface area contributed by atoms with Gasteiger partial charge >= 0.3 is 0 Å². The highest BCUT2D eigenvalue weighted by Crippen LogP contribution is 2.41. The van der Waals surface area contributed by atoms with Gasteiger partial charge in [-0.3, -0.25) is 0 Å². The minimum atomic E-state index is -0.667. The summed E-state index contributed by atoms with van der Waals surface area (Å²) in [6, 6.07) is 1.85. The van der Waals surface area contributed by atoms with Gasteiger partial charge in [0, 0.05) is 18.6 Å². The van der Waals surface area contributed by atoms with E-state index in [0.717, 1.165) is 12.0 Å². The van der Waals surface area contributed by atoms with Gasteiger partial charge in [0.25, 0.3) is 0 Å². The summed E-state index contributed by atoms with van der Waals surface area (Å²) in [6.07, 6.45) is 1.71. The molecule has 1 aromatic rings. The first kappa shape index (κ1) is 10.7. The molecule has 0 bridgehead atoms. The lowest BCUT2D eigenvalue weighted by atomic mass is 9.79. The second kappa shape index (κ2) is 3.96. The van der Waals surface area contributed by atoms with E-state index < -0.39 is 6.10 Å². The van der Waals surface area contributed by atoms with E-state index in [1.807, 2.05) is 13.0 Å². The average molecular weight is 211 g/mol. The summed E-state index contributed by atoms with van der Waals surface area (Å²) in [5.41, 5.74) is 6.33. The third-order valence-electron chi connectivity index (χ3n) is 3.27. The van der Waals surface area contributed by atoms with Crippen molar-refractivity contribution in [3.05, 3.63) is 23.7 Å². The SMILES string of the molecule is Cc1ccoc1C(O)C1(CN)CCOC1. The number of nitrogens with two attached hydrogens (primary N) is 1. The number of hydrogen-bond donors (Lipinski definition) is 2. The molecule has 0 radical (unpaired) electrons. The zero-order valence-electron chi connectivity index (χ0n) is 8.90. The number of aryl methyl sites for hydroxylation is 1. The summed E-state index contributed by atoms with van der Waals surface area (Å²) in [4.78, 5) is 0. The maximum Gasteiger partial charge on any atom is 0.135 e. The largest absolute Gasteiger partial charge is 0.466 e. The molecule has 1 fully saturated rings. The number of aliphatic hydroxyl groups is 1.